The molecule has 13 heteroatoms. The van der Waals surface area contributed by atoms with Gasteiger partial charge in [0.05, 0.1) is 17.5 Å². The Balaban J connectivity index is 1.16. The molecule has 0 saturated carbocycles. The number of thioether (sulfide) groups is 1. The number of hydrogen-bond donors (Lipinski definition) is 5. The number of hydrazine groups is 1. The van der Waals surface area contributed by atoms with Crippen LogP contribution in [0.5, 0.6) is 0 Å². The van der Waals surface area contributed by atoms with E-state index in [1.54, 1.807) is 26.0 Å². The topological polar surface area (TPSA) is 119 Å². The Morgan fingerprint density at radius 1 is 1.05 bits per heavy atom. The van der Waals surface area contributed by atoms with Crippen LogP contribution in [0.1, 0.15) is 26.2 Å². The van der Waals surface area contributed by atoms with Gasteiger partial charge in [-0.05, 0) is 31.6 Å². The second kappa shape index (κ2) is 11.8. The van der Waals surface area contributed by atoms with E-state index in [2.05, 4.69) is 33.6 Å². The molecule has 0 aromatic carbocycles. The maximum Gasteiger partial charge on any atom is 0.241 e. The summed E-state index contributed by atoms with van der Waals surface area (Å²) in [5.41, 5.74) is 2.93. The first kappa shape index (κ1) is 27.9. The quantitative estimate of drug-likeness (QED) is 0.211. The summed E-state index contributed by atoms with van der Waals surface area (Å²) in [5.74, 6) is 0.506. The molecule has 11 nitrogen and oxygen atoms in total. The lowest BCUT2D eigenvalue weighted by molar-refractivity contribution is -0.135. The molecule has 210 valence electrons. The highest BCUT2D eigenvalue weighted by Gasteiger charge is 2.48. The zero-order valence-electron chi connectivity index (χ0n) is 22.1. The van der Waals surface area contributed by atoms with Crippen molar-refractivity contribution in [3.63, 3.8) is 0 Å². The Kier molecular flexibility index (Phi) is 8.89. The highest BCUT2D eigenvalue weighted by atomic mass is 35.5. The lowest BCUT2D eigenvalue weighted by Gasteiger charge is -2.45. The lowest BCUT2D eigenvalue weighted by Crippen LogP contribution is -2.57. The molecule has 5 fully saturated rings. The van der Waals surface area contributed by atoms with E-state index in [0.29, 0.717) is 38.6 Å². The number of nitrogens with one attached hydrogen (secondary N) is 5. The number of carbonyl (C=O) groups is 2. The number of rotatable bonds is 6. The number of likely N-dealkylation sites (N-methyl/N-ethyl adjacent to an activating group) is 1. The molecule has 0 bridgehead atoms. The minimum absolute atomic E-state index is 0.0516. The molecule has 5 N–H and O–H groups in total. The third kappa shape index (κ3) is 5.92. The molecule has 0 spiro atoms. The van der Waals surface area contributed by atoms with Gasteiger partial charge in [-0.15, -0.1) is 23.4 Å². The van der Waals surface area contributed by atoms with Crippen LogP contribution in [-0.4, -0.2) is 116 Å². The van der Waals surface area contributed by atoms with Crippen molar-refractivity contribution in [2.75, 3.05) is 47.4 Å². The first-order valence-electron chi connectivity index (χ1n) is 13.4. The summed E-state index contributed by atoms with van der Waals surface area (Å²) in [6, 6.07) is 0.294. The molecule has 37 heavy (non-hydrogen) atoms. The smallest absolute Gasteiger partial charge is 0.241 e. The SMILES string of the molecule is COC1CC(C(=O)N2CC3NC(NC(=O)C4CNC(C)CC4C4CC(Cl)NCC4OC)SC3C2)N(C)N1. The van der Waals surface area contributed by atoms with Gasteiger partial charge in [0, 0.05) is 71.2 Å². The van der Waals surface area contributed by atoms with Crippen molar-refractivity contribution in [3.05, 3.63) is 0 Å². The van der Waals surface area contributed by atoms with E-state index < -0.39 is 0 Å². The van der Waals surface area contributed by atoms with Crippen LogP contribution in [0.2, 0.25) is 0 Å². The van der Waals surface area contributed by atoms with E-state index in [1.807, 2.05) is 17.0 Å². The largest absolute Gasteiger partial charge is 0.380 e. The second-order valence-corrected chi connectivity index (χ2v) is 13.0. The molecule has 0 radical (unpaired) electrons. The number of halogens is 1. The Labute approximate surface area is 228 Å². The molecular weight excluding hydrogens is 518 g/mol. The highest BCUT2D eigenvalue weighted by molar-refractivity contribution is 8.00. The molecule has 0 aliphatic carbocycles. The van der Waals surface area contributed by atoms with Crippen LogP contribution in [0.25, 0.3) is 0 Å². The molecule has 5 aliphatic heterocycles. The summed E-state index contributed by atoms with van der Waals surface area (Å²) < 4.78 is 11.2. The highest BCUT2D eigenvalue weighted by Crippen LogP contribution is 2.38. The van der Waals surface area contributed by atoms with Gasteiger partial charge >= 0.3 is 0 Å². The number of alkyl halides is 1. The zero-order chi connectivity index (χ0) is 26.3. The molecule has 5 aliphatic rings. The van der Waals surface area contributed by atoms with Gasteiger partial charge < -0.3 is 25.0 Å². The van der Waals surface area contributed by atoms with Crippen molar-refractivity contribution < 1.29 is 19.1 Å². The Bertz CT molecular complexity index is 831. The number of hydrogen-bond acceptors (Lipinski definition) is 10. The molecule has 0 aromatic rings. The number of amides is 2. The third-order valence-electron chi connectivity index (χ3n) is 8.87. The average Bonchev–Trinajstić information content (AvgIpc) is 3.56. The van der Waals surface area contributed by atoms with Crippen LogP contribution in [0, 0.1) is 17.8 Å². The Morgan fingerprint density at radius 3 is 2.57 bits per heavy atom. The summed E-state index contributed by atoms with van der Waals surface area (Å²) in [7, 11) is 5.28. The van der Waals surface area contributed by atoms with Crippen LogP contribution < -0.4 is 26.7 Å². The Morgan fingerprint density at radius 2 is 1.86 bits per heavy atom. The first-order chi connectivity index (χ1) is 17.8. The average molecular weight is 560 g/mol. The molecule has 2 amide bonds. The predicted molar refractivity (Wildman–Crippen MR) is 143 cm³/mol. The number of piperidine rings is 2. The molecule has 0 aromatic heterocycles. The molecule has 5 saturated heterocycles. The van der Waals surface area contributed by atoms with Gasteiger partial charge in [0.2, 0.25) is 11.8 Å². The first-order valence-corrected chi connectivity index (χ1v) is 14.8. The van der Waals surface area contributed by atoms with E-state index in [1.165, 1.54) is 0 Å². The van der Waals surface area contributed by atoms with E-state index in [-0.39, 0.29) is 70.2 Å². The standard InChI is InChI=1S/C24H42ClN7O4S/c1-12-5-13(14-6-20(25)27-9-18(14)35-3)15(8-26-12)22(33)29-24-28-16-10-32(11-19(16)37-24)23(34)17-7-21(36-4)30-31(17)2/h12-21,24,26-28,30H,5-11H2,1-4H3,(H,29,33). The van der Waals surface area contributed by atoms with Gasteiger partial charge in [-0.3, -0.25) is 20.2 Å². The number of fused-ring (bicyclic) bond motifs is 1. The summed E-state index contributed by atoms with van der Waals surface area (Å²) in [6.07, 6.45) is 2.28. The minimum atomic E-state index is -0.221. The summed E-state index contributed by atoms with van der Waals surface area (Å²) in [5, 5.41) is 15.7. The fourth-order valence-electron chi connectivity index (χ4n) is 6.80. The van der Waals surface area contributed by atoms with Crippen LogP contribution >= 0.6 is 23.4 Å². The lowest BCUT2D eigenvalue weighted by atomic mass is 9.70. The van der Waals surface area contributed by atoms with Crippen LogP contribution in [-0.2, 0) is 19.1 Å². The number of likely N-dealkylation sites (tertiary alicyclic amines) is 1. The number of methoxy groups -OCH3 is 2. The molecular formula is C24H42ClN7O4S. The number of ether oxygens (including phenoxy) is 2. The maximum absolute atomic E-state index is 13.6. The van der Waals surface area contributed by atoms with Crippen LogP contribution in [0.15, 0.2) is 0 Å². The fraction of sp³-hybridized carbons (Fsp3) is 0.917. The molecule has 11 unspecified atom stereocenters. The van der Waals surface area contributed by atoms with E-state index in [9.17, 15) is 9.59 Å². The molecule has 11 atom stereocenters. The van der Waals surface area contributed by atoms with Crippen molar-refractivity contribution in [1.29, 1.82) is 0 Å². The van der Waals surface area contributed by atoms with E-state index in [0.717, 1.165) is 12.8 Å². The summed E-state index contributed by atoms with van der Waals surface area (Å²) >= 11 is 8.19. The maximum atomic E-state index is 13.6. The van der Waals surface area contributed by atoms with E-state index in [4.69, 9.17) is 21.1 Å². The molecule has 5 rings (SSSR count). The Hall–Kier alpha value is -0.700. The summed E-state index contributed by atoms with van der Waals surface area (Å²) in [6.45, 7) is 4.88. The van der Waals surface area contributed by atoms with Gasteiger partial charge in [-0.1, -0.05) is 0 Å². The third-order valence-corrected chi connectivity index (χ3v) is 10.6. The number of nitrogens with zero attached hydrogens (tertiary/aromatic N) is 2. The zero-order valence-corrected chi connectivity index (χ0v) is 23.7. The van der Waals surface area contributed by atoms with Crippen molar-refractivity contribution in [3.8, 4) is 0 Å². The predicted octanol–water partition coefficient (Wildman–Crippen LogP) is -0.713. The fourth-order valence-corrected chi connectivity index (χ4v) is 8.51. The second-order valence-electron chi connectivity index (χ2n) is 11.2. The van der Waals surface area contributed by atoms with Crippen molar-refractivity contribution >= 4 is 35.2 Å². The van der Waals surface area contributed by atoms with E-state index >= 15 is 0 Å². The van der Waals surface area contributed by atoms with Crippen molar-refractivity contribution in [2.45, 2.75) is 72.9 Å². The molecule has 5 heterocycles. The van der Waals surface area contributed by atoms with Gasteiger partial charge in [-0.25, -0.2) is 10.4 Å². The monoisotopic (exact) mass is 559 g/mol. The van der Waals surface area contributed by atoms with Crippen molar-refractivity contribution in [2.24, 2.45) is 17.8 Å². The minimum Gasteiger partial charge on any atom is -0.380 e. The van der Waals surface area contributed by atoms with Crippen LogP contribution in [0.4, 0.5) is 0 Å². The van der Waals surface area contributed by atoms with Crippen molar-refractivity contribution in [1.82, 2.24) is 36.6 Å². The van der Waals surface area contributed by atoms with Gasteiger partial charge in [0.1, 0.15) is 17.8 Å². The normalized spacial score (nSPS) is 44.7. The van der Waals surface area contributed by atoms with Gasteiger partial charge in [-0.2, -0.15) is 0 Å². The van der Waals surface area contributed by atoms with Crippen LogP contribution in [0.3, 0.4) is 0 Å². The van der Waals surface area contributed by atoms with Gasteiger partial charge in [0.15, 0.2) is 0 Å². The number of carbonyl (C=O) groups excluding carboxylic acids is 2. The summed E-state index contributed by atoms with van der Waals surface area (Å²) in [4.78, 5) is 28.7. The van der Waals surface area contributed by atoms with Gasteiger partial charge in [0.25, 0.3) is 0 Å².